The van der Waals surface area contributed by atoms with E-state index in [4.69, 9.17) is 11.5 Å². The van der Waals surface area contributed by atoms with Gasteiger partial charge in [0, 0.05) is 17.3 Å². The van der Waals surface area contributed by atoms with Gasteiger partial charge in [-0.1, -0.05) is 20.8 Å². The fourth-order valence-corrected chi connectivity index (χ4v) is 0.250. The molecule has 0 saturated carbocycles. The first kappa shape index (κ1) is 7.34. The number of allylic oxidation sites excluding steroid dienone is 1. The van der Waals surface area contributed by atoms with Gasteiger partial charge in [0.25, 0.3) is 0 Å². The van der Waals surface area contributed by atoms with Gasteiger partial charge in [-0.3, -0.25) is 0 Å². The van der Waals surface area contributed by atoms with Crippen molar-refractivity contribution in [1.29, 1.82) is 0 Å². The van der Waals surface area contributed by atoms with Gasteiger partial charge in [0.05, 0.1) is 0 Å². The molecule has 0 atom stereocenters. The molecule has 48 valence electrons. The van der Waals surface area contributed by atoms with Crippen LogP contribution in [0, 0.1) is 5.41 Å². The number of hydrogen-bond donors (Lipinski definition) is 2. The van der Waals surface area contributed by atoms with E-state index in [0.717, 1.165) is 5.70 Å². The highest BCUT2D eigenvalue weighted by atomic mass is 14.7. The first-order valence-corrected chi connectivity index (χ1v) is 2.66. The lowest BCUT2D eigenvalue weighted by Gasteiger charge is -2.17. The van der Waals surface area contributed by atoms with Crippen LogP contribution >= 0.6 is 0 Å². The maximum atomic E-state index is 5.49. The van der Waals surface area contributed by atoms with Crippen LogP contribution in [0.2, 0.25) is 0 Å². The summed E-state index contributed by atoms with van der Waals surface area (Å²) in [4.78, 5) is 0. The molecule has 0 heterocycles. The molecule has 0 unspecified atom stereocenters. The summed E-state index contributed by atoms with van der Waals surface area (Å²) in [5, 5.41) is 0. The maximum Gasteiger partial charge on any atom is 0.0292 e. The van der Waals surface area contributed by atoms with E-state index in [-0.39, 0.29) is 5.41 Å². The van der Waals surface area contributed by atoms with E-state index in [1.807, 2.05) is 20.8 Å². The van der Waals surface area contributed by atoms with Gasteiger partial charge in [-0.15, -0.1) is 0 Å². The van der Waals surface area contributed by atoms with E-state index >= 15 is 0 Å². The van der Waals surface area contributed by atoms with Gasteiger partial charge in [-0.25, -0.2) is 0 Å². The van der Waals surface area contributed by atoms with Crippen molar-refractivity contribution < 1.29 is 0 Å². The van der Waals surface area contributed by atoms with Crippen LogP contribution in [0.25, 0.3) is 0 Å². The van der Waals surface area contributed by atoms with Gasteiger partial charge < -0.3 is 11.5 Å². The van der Waals surface area contributed by atoms with Crippen LogP contribution in [0.1, 0.15) is 20.8 Å². The number of rotatable bonds is 0. The average Bonchev–Trinajstić information content (AvgIpc) is 1.62. The maximum absolute atomic E-state index is 5.49. The van der Waals surface area contributed by atoms with Crippen molar-refractivity contribution >= 4 is 0 Å². The molecule has 0 radical (unpaired) electrons. The predicted molar refractivity (Wildman–Crippen MR) is 35.9 cm³/mol. The van der Waals surface area contributed by atoms with Crippen LogP contribution in [0.4, 0.5) is 0 Å². The Morgan fingerprint density at radius 2 is 1.75 bits per heavy atom. The topological polar surface area (TPSA) is 52.0 Å². The van der Waals surface area contributed by atoms with E-state index in [1.54, 1.807) is 0 Å². The van der Waals surface area contributed by atoms with Crippen molar-refractivity contribution in [3.05, 3.63) is 11.9 Å². The lowest BCUT2D eigenvalue weighted by molar-refractivity contribution is 0.496. The molecule has 0 amide bonds. The van der Waals surface area contributed by atoms with Gasteiger partial charge in [0.15, 0.2) is 0 Å². The normalized spacial score (nSPS) is 14.1. The molecule has 0 fully saturated rings. The Morgan fingerprint density at radius 1 is 1.38 bits per heavy atom. The molecule has 2 heteroatoms. The minimum Gasteiger partial charge on any atom is -0.403 e. The number of nitrogens with two attached hydrogens (primary N) is 2. The van der Waals surface area contributed by atoms with Crippen LogP contribution in [0.15, 0.2) is 11.9 Å². The van der Waals surface area contributed by atoms with Crippen molar-refractivity contribution in [2.24, 2.45) is 16.9 Å². The van der Waals surface area contributed by atoms with Crippen molar-refractivity contribution in [3.63, 3.8) is 0 Å². The Morgan fingerprint density at radius 3 is 1.75 bits per heavy atom. The molecule has 0 aliphatic heterocycles. The Labute approximate surface area is 50.6 Å². The standard InChI is InChI=1S/C6H14N2/c1-6(2,3)5(8)4-7/h4H,7-8H2,1-3H3/b5-4+. The van der Waals surface area contributed by atoms with E-state index in [1.165, 1.54) is 6.20 Å². The van der Waals surface area contributed by atoms with Crippen molar-refractivity contribution in [2.45, 2.75) is 20.8 Å². The molecule has 0 aromatic heterocycles. The molecule has 0 spiro atoms. The van der Waals surface area contributed by atoms with Crippen molar-refractivity contribution in [2.75, 3.05) is 0 Å². The molecule has 0 saturated heterocycles. The van der Waals surface area contributed by atoms with E-state index in [9.17, 15) is 0 Å². The first-order chi connectivity index (χ1) is 3.48. The highest BCUT2D eigenvalue weighted by Crippen LogP contribution is 2.18. The largest absolute Gasteiger partial charge is 0.403 e. The third kappa shape index (κ3) is 1.87. The van der Waals surface area contributed by atoms with Crippen LogP contribution in [0.5, 0.6) is 0 Å². The molecule has 0 aromatic carbocycles. The summed E-state index contributed by atoms with van der Waals surface area (Å²) in [6.45, 7) is 6.06. The summed E-state index contributed by atoms with van der Waals surface area (Å²) >= 11 is 0. The van der Waals surface area contributed by atoms with E-state index < -0.39 is 0 Å². The van der Waals surface area contributed by atoms with E-state index in [2.05, 4.69) is 0 Å². The molecule has 2 nitrogen and oxygen atoms in total. The third-order valence-corrected chi connectivity index (χ3v) is 1.05. The second-order valence-electron chi connectivity index (χ2n) is 2.87. The zero-order valence-electron chi connectivity index (χ0n) is 5.73. The summed E-state index contributed by atoms with van der Waals surface area (Å²) in [5.74, 6) is 0. The lowest BCUT2D eigenvalue weighted by Crippen LogP contribution is -2.18. The number of hydrogen-bond acceptors (Lipinski definition) is 2. The first-order valence-electron chi connectivity index (χ1n) is 2.66. The fourth-order valence-electron chi connectivity index (χ4n) is 0.250. The van der Waals surface area contributed by atoms with Gasteiger partial charge >= 0.3 is 0 Å². The van der Waals surface area contributed by atoms with E-state index in [0.29, 0.717) is 0 Å². The minimum absolute atomic E-state index is 0.0226. The highest BCUT2D eigenvalue weighted by Gasteiger charge is 2.11. The summed E-state index contributed by atoms with van der Waals surface area (Å²) < 4.78 is 0. The Kier molecular flexibility index (Phi) is 1.90. The second kappa shape index (κ2) is 2.07. The van der Waals surface area contributed by atoms with Crippen molar-refractivity contribution in [1.82, 2.24) is 0 Å². The van der Waals surface area contributed by atoms with Crippen LogP contribution < -0.4 is 11.5 Å². The molecule has 8 heavy (non-hydrogen) atoms. The van der Waals surface area contributed by atoms with Crippen LogP contribution in [-0.4, -0.2) is 0 Å². The average molecular weight is 114 g/mol. The zero-order valence-corrected chi connectivity index (χ0v) is 5.73. The second-order valence-corrected chi connectivity index (χ2v) is 2.87. The molecular formula is C6H14N2. The Bertz CT molecular complexity index is 97.6. The third-order valence-electron chi connectivity index (χ3n) is 1.05. The summed E-state index contributed by atoms with van der Waals surface area (Å²) in [5.41, 5.74) is 11.4. The van der Waals surface area contributed by atoms with Crippen LogP contribution in [0.3, 0.4) is 0 Å². The van der Waals surface area contributed by atoms with Gasteiger partial charge in [0.2, 0.25) is 0 Å². The fraction of sp³-hybridized carbons (Fsp3) is 0.667. The molecule has 0 aliphatic rings. The quantitative estimate of drug-likeness (QED) is 0.489. The lowest BCUT2D eigenvalue weighted by atomic mass is 9.93. The monoisotopic (exact) mass is 114 g/mol. The molecule has 4 N–H and O–H groups in total. The smallest absolute Gasteiger partial charge is 0.0292 e. The molecular weight excluding hydrogens is 100 g/mol. The van der Waals surface area contributed by atoms with Gasteiger partial charge in [0.1, 0.15) is 0 Å². The molecule has 0 aromatic rings. The van der Waals surface area contributed by atoms with Crippen LogP contribution in [-0.2, 0) is 0 Å². The minimum atomic E-state index is 0.0226. The Balaban J connectivity index is 4.03. The summed E-state index contributed by atoms with van der Waals surface area (Å²) in [6.07, 6.45) is 1.44. The van der Waals surface area contributed by atoms with Crippen molar-refractivity contribution in [3.8, 4) is 0 Å². The highest BCUT2D eigenvalue weighted by molar-refractivity contribution is 5.03. The summed E-state index contributed by atoms with van der Waals surface area (Å²) in [7, 11) is 0. The molecule has 0 aliphatic carbocycles. The molecule has 0 rings (SSSR count). The van der Waals surface area contributed by atoms with Gasteiger partial charge in [-0.05, 0) is 0 Å². The zero-order chi connectivity index (χ0) is 6.78. The predicted octanol–water partition coefficient (Wildman–Crippen LogP) is 0.791. The molecule has 0 bridgehead atoms. The Hall–Kier alpha value is -0.660. The summed E-state index contributed by atoms with van der Waals surface area (Å²) in [6, 6.07) is 0. The van der Waals surface area contributed by atoms with Gasteiger partial charge in [-0.2, -0.15) is 0 Å². The SMILES string of the molecule is CC(C)(C)/C(N)=C\N.